The number of benzene rings is 1. The molecule has 0 saturated carbocycles. The molecule has 1 aromatic heterocycles. The summed E-state index contributed by atoms with van der Waals surface area (Å²) in [5.41, 5.74) is 0. The van der Waals surface area contributed by atoms with Crippen molar-refractivity contribution in [1.82, 2.24) is 0 Å². The lowest BCUT2D eigenvalue weighted by Crippen LogP contribution is -2.12. The second kappa shape index (κ2) is 6.80. The van der Waals surface area contributed by atoms with E-state index < -0.39 is 0 Å². The van der Waals surface area contributed by atoms with Crippen LogP contribution >= 0.6 is 22.9 Å². The van der Waals surface area contributed by atoms with E-state index in [-0.39, 0.29) is 12.5 Å². The quantitative estimate of drug-likeness (QED) is 0.886. The van der Waals surface area contributed by atoms with Crippen molar-refractivity contribution in [2.45, 2.75) is 5.92 Å². The van der Waals surface area contributed by atoms with Crippen molar-refractivity contribution < 1.29 is 14.6 Å². The van der Waals surface area contributed by atoms with Gasteiger partial charge in [0.15, 0.2) is 0 Å². The van der Waals surface area contributed by atoms with Gasteiger partial charge in [0, 0.05) is 4.88 Å². The Hall–Kier alpha value is -1.23. The zero-order valence-corrected chi connectivity index (χ0v) is 12.1. The molecule has 0 amide bonds. The maximum atomic E-state index is 9.41. The molecule has 1 heterocycles. The van der Waals surface area contributed by atoms with Crippen LogP contribution in [0.25, 0.3) is 0 Å². The third-order valence-electron chi connectivity index (χ3n) is 2.73. The lowest BCUT2D eigenvalue weighted by molar-refractivity contribution is 0.206. The van der Waals surface area contributed by atoms with Gasteiger partial charge in [-0.15, -0.1) is 11.3 Å². The summed E-state index contributed by atoms with van der Waals surface area (Å²) in [6.07, 6.45) is 0. The van der Waals surface area contributed by atoms with E-state index in [0.717, 1.165) is 20.7 Å². The van der Waals surface area contributed by atoms with Gasteiger partial charge in [-0.2, -0.15) is 0 Å². The first-order chi connectivity index (χ1) is 9.22. The van der Waals surface area contributed by atoms with Crippen LogP contribution in [0, 0.1) is 0 Å². The van der Waals surface area contributed by atoms with Gasteiger partial charge in [0.25, 0.3) is 0 Å². The summed E-state index contributed by atoms with van der Waals surface area (Å²) >= 11 is 7.36. The van der Waals surface area contributed by atoms with Crippen LogP contribution in [-0.2, 0) is 0 Å². The van der Waals surface area contributed by atoms with Crippen molar-refractivity contribution in [3.05, 3.63) is 45.6 Å². The Kier molecular flexibility index (Phi) is 5.07. The second-order valence-electron chi connectivity index (χ2n) is 4.01. The normalized spacial score (nSPS) is 12.2. The molecule has 1 unspecified atom stereocenters. The molecule has 0 aliphatic heterocycles. The first-order valence-corrected chi connectivity index (χ1v) is 7.05. The van der Waals surface area contributed by atoms with Gasteiger partial charge < -0.3 is 14.6 Å². The highest BCUT2D eigenvalue weighted by Gasteiger charge is 2.14. The summed E-state index contributed by atoms with van der Waals surface area (Å²) in [6, 6.07) is 11.1. The molecular formula is C14H15ClO3S. The second-order valence-corrected chi connectivity index (χ2v) is 5.75. The number of hydrogen-bond donors (Lipinski definition) is 1. The highest BCUT2D eigenvalue weighted by atomic mass is 35.5. The van der Waals surface area contributed by atoms with Crippen LogP contribution in [0.2, 0.25) is 4.34 Å². The van der Waals surface area contributed by atoms with E-state index in [0.29, 0.717) is 6.61 Å². The zero-order valence-electron chi connectivity index (χ0n) is 10.5. The fourth-order valence-electron chi connectivity index (χ4n) is 1.64. The van der Waals surface area contributed by atoms with Crippen molar-refractivity contribution in [3.8, 4) is 11.5 Å². The number of aliphatic hydroxyl groups is 1. The number of halogens is 1. The molecule has 102 valence electrons. The molecule has 19 heavy (non-hydrogen) atoms. The first-order valence-electron chi connectivity index (χ1n) is 5.86. The average Bonchev–Trinajstić information content (AvgIpc) is 2.87. The van der Waals surface area contributed by atoms with Crippen LogP contribution in [0.15, 0.2) is 36.4 Å². The number of rotatable bonds is 6. The Morgan fingerprint density at radius 1 is 1.16 bits per heavy atom. The minimum atomic E-state index is -0.0559. The van der Waals surface area contributed by atoms with Gasteiger partial charge in [-0.05, 0) is 36.4 Å². The standard InChI is InChI=1S/C14H15ClO3S/c1-17-11-2-4-12(5-3-11)18-9-10(8-16)13-6-7-14(15)19-13/h2-7,10,16H,8-9H2,1H3. The maximum Gasteiger partial charge on any atom is 0.119 e. The van der Waals surface area contributed by atoms with E-state index in [2.05, 4.69) is 0 Å². The maximum absolute atomic E-state index is 9.41. The van der Waals surface area contributed by atoms with Gasteiger partial charge in [0.1, 0.15) is 11.5 Å². The van der Waals surface area contributed by atoms with Gasteiger partial charge in [-0.1, -0.05) is 11.6 Å². The first kappa shape index (κ1) is 14.2. The minimum absolute atomic E-state index is 0.0347. The van der Waals surface area contributed by atoms with E-state index in [9.17, 15) is 5.11 Å². The Labute approximate surface area is 121 Å². The average molecular weight is 299 g/mol. The zero-order chi connectivity index (χ0) is 13.7. The number of hydrogen-bond acceptors (Lipinski definition) is 4. The number of ether oxygens (including phenoxy) is 2. The fraction of sp³-hybridized carbons (Fsp3) is 0.286. The van der Waals surface area contributed by atoms with Crippen LogP contribution in [-0.4, -0.2) is 25.4 Å². The Balaban J connectivity index is 1.95. The van der Waals surface area contributed by atoms with E-state index >= 15 is 0 Å². The van der Waals surface area contributed by atoms with Crippen molar-refractivity contribution in [2.75, 3.05) is 20.3 Å². The van der Waals surface area contributed by atoms with Crippen LogP contribution in [0.3, 0.4) is 0 Å². The summed E-state index contributed by atoms with van der Waals surface area (Å²) in [7, 11) is 1.62. The summed E-state index contributed by atoms with van der Waals surface area (Å²) < 4.78 is 11.5. The molecule has 0 aliphatic carbocycles. The smallest absolute Gasteiger partial charge is 0.119 e. The van der Waals surface area contributed by atoms with Gasteiger partial charge in [0.05, 0.1) is 30.6 Å². The number of aliphatic hydroxyl groups excluding tert-OH is 1. The fourth-order valence-corrected chi connectivity index (χ4v) is 2.78. The van der Waals surface area contributed by atoms with Crippen molar-refractivity contribution in [2.24, 2.45) is 0 Å². The predicted octanol–water partition coefficient (Wildman–Crippen LogP) is 3.57. The molecule has 2 aromatic rings. The van der Waals surface area contributed by atoms with Crippen molar-refractivity contribution >= 4 is 22.9 Å². The number of methoxy groups -OCH3 is 1. The lowest BCUT2D eigenvalue weighted by Gasteiger charge is -2.14. The Morgan fingerprint density at radius 3 is 2.37 bits per heavy atom. The SMILES string of the molecule is COc1ccc(OCC(CO)c2ccc(Cl)s2)cc1. The van der Waals surface area contributed by atoms with Gasteiger partial charge in [-0.3, -0.25) is 0 Å². The van der Waals surface area contributed by atoms with Gasteiger partial charge in [0.2, 0.25) is 0 Å². The molecule has 0 spiro atoms. The van der Waals surface area contributed by atoms with E-state index in [1.165, 1.54) is 11.3 Å². The molecule has 0 radical (unpaired) electrons. The van der Waals surface area contributed by atoms with Crippen LogP contribution < -0.4 is 9.47 Å². The molecule has 0 aliphatic rings. The molecule has 0 bridgehead atoms. The third kappa shape index (κ3) is 3.86. The molecule has 2 rings (SSSR count). The van der Waals surface area contributed by atoms with E-state index in [4.69, 9.17) is 21.1 Å². The summed E-state index contributed by atoms with van der Waals surface area (Å²) in [6.45, 7) is 0.451. The molecule has 5 heteroatoms. The molecular weight excluding hydrogens is 284 g/mol. The minimum Gasteiger partial charge on any atom is -0.497 e. The monoisotopic (exact) mass is 298 g/mol. The Morgan fingerprint density at radius 2 is 1.84 bits per heavy atom. The van der Waals surface area contributed by atoms with Crippen molar-refractivity contribution in [1.29, 1.82) is 0 Å². The van der Waals surface area contributed by atoms with Crippen LogP contribution in [0.1, 0.15) is 10.8 Å². The molecule has 1 N–H and O–H groups in total. The largest absolute Gasteiger partial charge is 0.497 e. The third-order valence-corrected chi connectivity index (χ3v) is 4.12. The topological polar surface area (TPSA) is 38.7 Å². The van der Waals surface area contributed by atoms with E-state index in [1.54, 1.807) is 7.11 Å². The summed E-state index contributed by atoms with van der Waals surface area (Å²) in [5.74, 6) is 1.48. The van der Waals surface area contributed by atoms with Crippen molar-refractivity contribution in [3.63, 3.8) is 0 Å². The van der Waals surface area contributed by atoms with Gasteiger partial charge in [-0.25, -0.2) is 0 Å². The highest BCUT2D eigenvalue weighted by molar-refractivity contribution is 7.16. The number of thiophene rings is 1. The lowest BCUT2D eigenvalue weighted by atomic mass is 10.1. The predicted molar refractivity (Wildman–Crippen MR) is 77.6 cm³/mol. The van der Waals surface area contributed by atoms with Crippen LogP contribution in [0.4, 0.5) is 0 Å². The molecule has 3 nitrogen and oxygen atoms in total. The molecule has 0 fully saturated rings. The van der Waals surface area contributed by atoms with Gasteiger partial charge >= 0.3 is 0 Å². The van der Waals surface area contributed by atoms with E-state index in [1.807, 2.05) is 36.4 Å². The summed E-state index contributed by atoms with van der Waals surface area (Å²) in [5, 5.41) is 9.41. The Bertz CT molecular complexity index is 510. The highest BCUT2D eigenvalue weighted by Crippen LogP contribution is 2.28. The van der Waals surface area contributed by atoms with Crippen LogP contribution in [0.5, 0.6) is 11.5 Å². The molecule has 0 saturated heterocycles. The molecule has 1 aromatic carbocycles. The summed E-state index contributed by atoms with van der Waals surface area (Å²) in [4.78, 5) is 1.03. The molecule has 1 atom stereocenters.